The fourth-order valence-electron chi connectivity index (χ4n) is 6.13. The predicted octanol–water partition coefficient (Wildman–Crippen LogP) is 8.85. The standard InChI is InChI=1S/C25H22ClN5O5.C17H14ClN5O4/c1-15-23(31(33)34)25(29-30(15)14-16-8-10-17(35-2)11-9-16)28-21-12-22(36-3)27-13-19(21)24(32)18-6-4-5-7-20(18)26;1-9-15(23(25)26)17(22-21-9)20-13-7-14(27-2)19-8-11(13)16(24)10-5-3-4-6-12(10)18/h4-13H,14H2,1-3H3,(H,27,28,29);3-8H,1-2H3,(H2,19,20,21,22). The third-order valence-corrected chi connectivity index (χ3v) is 10.0. The van der Waals surface area contributed by atoms with E-state index in [1.54, 1.807) is 74.7 Å². The van der Waals surface area contributed by atoms with Crippen LogP contribution < -0.4 is 24.8 Å². The van der Waals surface area contributed by atoms with Gasteiger partial charge in [-0.2, -0.15) is 0 Å². The first-order chi connectivity index (χ1) is 30.2. The number of H-pyrrole nitrogens is 1. The molecule has 0 atom stereocenters. The third kappa shape index (κ3) is 10.0. The van der Waals surface area contributed by atoms with Gasteiger partial charge >= 0.3 is 11.4 Å². The Kier molecular flexibility index (Phi) is 13.9. The second-order valence-electron chi connectivity index (χ2n) is 13.3. The van der Waals surface area contributed by atoms with Crippen molar-refractivity contribution in [2.45, 2.75) is 20.4 Å². The zero-order valence-corrected chi connectivity index (χ0v) is 35.5. The Hall–Kier alpha value is -7.90. The molecule has 0 unspecified atom stereocenters. The van der Waals surface area contributed by atoms with Crippen LogP contribution in [0.2, 0.25) is 10.0 Å². The molecule has 0 aliphatic heterocycles. The Morgan fingerprint density at radius 1 is 0.698 bits per heavy atom. The van der Waals surface area contributed by atoms with Crippen molar-refractivity contribution >= 4 is 69.2 Å². The molecule has 0 aliphatic rings. The number of aromatic nitrogens is 6. The summed E-state index contributed by atoms with van der Waals surface area (Å²) in [6.45, 7) is 3.44. The number of ketones is 2. The van der Waals surface area contributed by atoms with E-state index in [4.69, 9.17) is 37.4 Å². The maximum atomic E-state index is 13.3. The smallest absolute Gasteiger partial charge is 0.334 e. The Balaban J connectivity index is 0.000000219. The number of aryl methyl sites for hydroxylation is 1. The van der Waals surface area contributed by atoms with Crippen molar-refractivity contribution in [3.8, 4) is 17.5 Å². The van der Waals surface area contributed by atoms with Crippen LogP contribution in [0.5, 0.6) is 17.5 Å². The SMILES string of the molecule is COc1cc(Nc2n[nH]c(C)c2[N+](=O)[O-])c(C(=O)c2ccccc2Cl)cn1.COc1ccc(Cn2nc(Nc3cc(OC)ncc3C(=O)c3ccccc3Cl)c([N+](=O)[O-])c2C)cc1. The number of anilines is 4. The number of methoxy groups -OCH3 is 3. The molecule has 0 aliphatic carbocycles. The molecule has 0 saturated carbocycles. The molecule has 7 aromatic rings. The van der Waals surface area contributed by atoms with Crippen LogP contribution in [-0.4, -0.2) is 72.7 Å². The van der Waals surface area contributed by atoms with Gasteiger partial charge in [0.2, 0.25) is 23.4 Å². The maximum absolute atomic E-state index is 13.3. The second kappa shape index (κ2) is 19.7. The molecule has 19 nitrogen and oxygen atoms in total. The Bertz CT molecular complexity index is 2850. The summed E-state index contributed by atoms with van der Waals surface area (Å²) in [4.78, 5) is 56.6. The van der Waals surface area contributed by atoms with Gasteiger partial charge in [-0.1, -0.05) is 59.6 Å². The number of nitrogens with zero attached hydrogens (tertiary/aromatic N) is 7. The van der Waals surface area contributed by atoms with Gasteiger partial charge in [0.1, 0.15) is 17.1 Å². The summed E-state index contributed by atoms with van der Waals surface area (Å²) in [6, 6.07) is 23.4. The number of benzene rings is 3. The summed E-state index contributed by atoms with van der Waals surface area (Å²) < 4.78 is 17.0. The van der Waals surface area contributed by atoms with E-state index < -0.39 is 21.4 Å². The molecule has 0 bridgehead atoms. The lowest BCUT2D eigenvalue weighted by Crippen LogP contribution is -2.08. The number of carbonyl (C=O) groups excluding carboxylic acids is 2. The molecule has 3 N–H and O–H groups in total. The fourth-order valence-corrected chi connectivity index (χ4v) is 6.57. The lowest BCUT2D eigenvalue weighted by atomic mass is 10.0. The third-order valence-electron chi connectivity index (χ3n) is 9.35. The number of rotatable bonds is 15. The monoisotopic (exact) mass is 894 g/mol. The van der Waals surface area contributed by atoms with Gasteiger partial charge in [-0.05, 0) is 55.8 Å². The van der Waals surface area contributed by atoms with Crippen molar-refractivity contribution in [1.29, 1.82) is 0 Å². The number of hydrogen-bond donors (Lipinski definition) is 3. The summed E-state index contributed by atoms with van der Waals surface area (Å²) in [6.07, 6.45) is 2.65. The van der Waals surface area contributed by atoms with E-state index in [0.29, 0.717) is 18.0 Å². The maximum Gasteiger partial charge on any atom is 0.334 e. The molecule has 322 valence electrons. The highest BCUT2D eigenvalue weighted by Gasteiger charge is 2.28. The molecular weight excluding hydrogens is 859 g/mol. The normalized spacial score (nSPS) is 10.6. The van der Waals surface area contributed by atoms with E-state index in [-0.39, 0.29) is 84.1 Å². The molecular formula is C42H36Cl2N10O9. The lowest BCUT2D eigenvalue weighted by molar-refractivity contribution is -0.384. The molecule has 21 heteroatoms. The van der Waals surface area contributed by atoms with Gasteiger partial charge in [-0.25, -0.2) is 9.97 Å². The summed E-state index contributed by atoms with van der Waals surface area (Å²) in [7, 11) is 4.42. The van der Waals surface area contributed by atoms with Gasteiger partial charge in [0.15, 0.2) is 11.6 Å². The van der Waals surface area contributed by atoms with Gasteiger partial charge in [-0.3, -0.25) is 39.6 Å². The van der Waals surface area contributed by atoms with Crippen molar-refractivity contribution in [2.75, 3.05) is 32.0 Å². The number of ether oxygens (including phenoxy) is 3. The van der Waals surface area contributed by atoms with E-state index in [0.717, 1.165) is 5.56 Å². The Morgan fingerprint density at radius 3 is 1.65 bits per heavy atom. The first-order valence-corrected chi connectivity index (χ1v) is 19.2. The van der Waals surface area contributed by atoms with E-state index >= 15 is 0 Å². The number of pyridine rings is 2. The minimum absolute atomic E-state index is 0.0209. The average molecular weight is 896 g/mol. The minimum atomic E-state index is -0.560. The molecule has 0 amide bonds. The highest BCUT2D eigenvalue weighted by molar-refractivity contribution is 6.35. The number of hydrogen-bond acceptors (Lipinski definition) is 15. The van der Waals surface area contributed by atoms with Gasteiger partial charge in [0, 0.05) is 35.7 Å². The van der Waals surface area contributed by atoms with Crippen molar-refractivity contribution in [3.05, 3.63) is 167 Å². The predicted molar refractivity (Wildman–Crippen MR) is 234 cm³/mol. The quantitative estimate of drug-likeness (QED) is 0.0494. The zero-order chi connectivity index (χ0) is 45.4. The lowest BCUT2D eigenvalue weighted by Gasteiger charge is -2.11. The molecule has 63 heavy (non-hydrogen) atoms. The van der Waals surface area contributed by atoms with Crippen molar-refractivity contribution in [2.24, 2.45) is 0 Å². The van der Waals surface area contributed by atoms with Gasteiger partial charge in [0.25, 0.3) is 0 Å². The largest absolute Gasteiger partial charge is 0.497 e. The highest BCUT2D eigenvalue weighted by atomic mass is 35.5. The number of nitro groups is 2. The molecule has 0 radical (unpaired) electrons. The van der Waals surface area contributed by atoms with Crippen LogP contribution in [0.15, 0.2) is 97.3 Å². The van der Waals surface area contributed by atoms with Crippen molar-refractivity contribution in [3.63, 3.8) is 0 Å². The van der Waals surface area contributed by atoms with E-state index in [9.17, 15) is 29.8 Å². The molecule has 4 heterocycles. The van der Waals surface area contributed by atoms with Crippen LogP contribution in [-0.2, 0) is 6.54 Å². The number of aromatic amines is 1. The zero-order valence-electron chi connectivity index (χ0n) is 34.0. The van der Waals surface area contributed by atoms with E-state index in [1.165, 1.54) is 50.4 Å². The minimum Gasteiger partial charge on any atom is -0.497 e. The summed E-state index contributed by atoms with van der Waals surface area (Å²) in [5.41, 5.74) is 2.43. The molecule has 0 fully saturated rings. The Labute approximate surface area is 368 Å². The van der Waals surface area contributed by atoms with Crippen LogP contribution in [0.25, 0.3) is 0 Å². The number of halogens is 2. The summed E-state index contributed by atoms with van der Waals surface area (Å²) >= 11 is 12.3. The van der Waals surface area contributed by atoms with E-state index in [1.807, 2.05) is 12.1 Å². The average Bonchev–Trinajstić information content (AvgIpc) is 3.80. The molecule has 4 aromatic heterocycles. The molecule has 0 saturated heterocycles. The fraction of sp³-hybridized carbons (Fsp3) is 0.143. The van der Waals surface area contributed by atoms with Crippen LogP contribution >= 0.6 is 23.2 Å². The van der Waals surface area contributed by atoms with Crippen LogP contribution in [0.4, 0.5) is 34.4 Å². The molecule has 0 spiro atoms. The number of nitrogens with one attached hydrogen (secondary N) is 3. The van der Waals surface area contributed by atoms with Gasteiger partial charge in [0.05, 0.1) is 70.3 Å². The Morgan fingerprint density at radius 2 is 1.19 bits per heavy atom. The van der Waals surface area contributed by atoms with Crippen molar-refractivity contribution < 1.29 is 33.6 Å². The van der Waals surface area contributed by atoms with E-state index in [2.05, 4.69) is 35.9 Å². The summed E-state index contributed by atoms with van der Waals surface area (Å²) in [5.74, 6) is 0.287. The first-order valence-electron chi connectivity index (χ1n) is 18.5. The van der Waals surface area contributed by atoms with Gasteiger partial charge < -0.3 is 24.8 Å². The van der Waals surface area contributed by atoms with Crippen LogP contribution in [0.1, 0.15) is 48.8 Å². The topological polar surface area (TPSA) is 244 Å². The van der Waals surface area contributed by atoms with Crippen LogP contribution in [0, 0.1) is 34.1 Å². The molecule has 7 rings (SSSR count). The van der Waals surface area contributed by atoms with Crippen LogP contribution in [0.3, 0.4) is 0 Å². The highest BCUT2D eigenvalue weighted by Crippen LogP contribution is 2.35. The van der Waals surface area contributed by atoms with Crippen molar-refractivity contribution in [1.82, 2.24) is 29.9 Å². The number of carbonyl (C=O) groups is 2. The molecule has 3 aromatic carbocycles. The first kappa shape index (κ1) is 44.6. The van der Waals surface area contributed by atoms with Gasteiger partial charge in [-0.15, -0.1) is 10.2 Å². The summed E-state index contributed by atoms with van der Waals surface area (Å²) in [5, 5.41) is 40.5. The second-order valence-corrected chi connectivity index (χ2v) is 14.1.